The predicted molar refractivity (Wildman–Crippen MR) is 82.2 cm³/mol. The van der Waals surface area contributed by atoms with Gasteiger partial charge in [-0.15, -0.1) is 0 Å². The van der Waals surface area contributed by atoms with Gasteiger partial charge < -0.3 is 5.73 Å². The van der Waals surface area contributed by atoms with Crippen molar-refractivity contribution in [3.63, 3.8) is 0 Å². The zero-order chi connectivity index (χ0) is 13.8. The topological polar surface area (TPSA) is 29.3 Å². The molecule has 2 N–H and O–H groups in total. The van der Waals surface area contributed by atoms with Crippen LogP contribution in [0.4, 0.5) is 5.69 Å². The average Bonchev–Trinajstić information content (AvgIpc) is 2.41. The molecule has 1 atom stereocenters. The first-order valence-electron chi connectivity index (χ1n) is 6.36. The Bertz CT molecular complexity index is 519. The van der Waals surface area contributed by atoms with Crippen molar-refractivity contribution >= 4 is 17.3 Å². The minimum Gasteiger partial charge on any atom is -0.399 e. The molecule has 100 valence electrons. The molecule has 2 rings (SSSR count). The van der Waals surface area contributed by atoms with Gasteiger partial charge in [0.05, 0.1) is 0 Å². The molecule has 0 saturated carbocycles. The Morgan fingerprint density at radius 1 is 1.05 bits per heavy atom. The maximum atomic E-state index is 5.90. The van der Waals surface area contributed by atoms with Crippen molar-refractivity contribution in [2.75, 3.05) is 12.8 Å². The SMILES string of the molecule is CC(c1ccc(N)cc1)N(C)Cc1ccc(Cl)cc1. The molecule has 0 amide bonds. The van der Waals surface area contributed by atoms with Crippen LogP contribution in [0.25, 0.3) is 0 Å². The predicted octanol–water partition coefficient (Wildman–Crippen LogP) is 4.12. The standard InChI is InChI=1S/C16H19ClN2/c1-12(14-5-9-16(18)10-6-14)19(2)11-13-3-7-15(17)8-4-13/h3-10,12H,11,18H2,1-2H3. The number of hydrogen-bond acceptors (Lipinski definition) is 2. The molecule has 1 unspecified atom stereocenters. The third-order valence-electron chi connectivity index (χ3n) is 3.43. The summed E-state index contributed by atoms with van der Waals surface area (Å²) in [6, 6.07) is 16.4. The van der Waals surface area contributed by atoms with Gasteiger partial charge in [0.25, 0.3) is 0 Å². The van der Waals surface area contributed by atoms with E-state index in [1.54, 1.807) is 0 Å². The summed E-state index contributed by atoms with van der Waals surface area (Å²) in [7, 11) is 2.12. The van der Waals surface area contributed by atoms with Gasteiger partial charge in [-0.2, -0.15) is 0 Å². The number of anilines is 1. The van der Waals surface area contributed by atoms with Gasteiger partial charge in [0, 0.05) is 23.3 Å². The van der Waals surface area contributed by atoms with Crippen molar-refractivity contribution in [3.8, 4) is 0 Å². The van der Waals surface area contributed by atoms with Crippen LogP contribution in [0.3, 0.4) is 0 Å². The Kier molecular flexibility index (Phi) is 4.46. The first kappa shape index (κ1) is 13.9. The lowest BCUT2D eigenvalue weighted by molar-refractivity contribution is 0.253. The van der Waals surface area contributed by atoms with Crippen LogP contribution in [-0.4, -0.2) is 11.9 Å². The van der Waals surface area contributed by atoms with Gasteiger partial charge in [-0.25, -0.2) is 0 Å². The monoisotopic (exact) mass is 274 g/mol. The van der Waals surface area contributed by atoms with Crippen LogP contribution < -0.4 is 5.73 Å². The van der Waals surface area contributed by atoms with Gasteiger partial charge in [-0.1, -0.05) is 35.9 Å². The molecule has 3 heteroatoms. The molecule has 0 bridgehead atoms. The number of nitrogens with zero attached hydrogens (tertiary/aromatic N) is 1. The molecule has 0 saturated heterocycles. The highest BCUT2D eigenvalue weighted by molar-refractivity contribution is 6.30. The summed E-state index contributed by atoms with van der Waals surface area (Å²) < 4.78 is 0. The summed E-state index contributed by atoms with van der Waals surface area (Å²) >= 11 is 5.90. The number of benzene rings is 2. The summed E-state index contributed by atoms with van der Waals surface area (Å²) in [5, 5.41) is 0.776. The average molecular weight is 275 g/mol. The fraction of sp³-hybridized carbons (Fsp3) is 0.250. The van der Waals surface area contributed by atoms with Gasteiger partial charge in [0.1, 0.15) is 0 Å². The van der Waals surface area contributed by atoms with Crippen LogP contribution in [0, 0.1) is 0 Å². The smallest absolute Gasteiger partial charge is 0.0406 e. The highest BCUT2D eigenvalue weighted by Crippen LogP contribution is 2.22. The Morgan fingerprint density at radius 2 is 1.63 bits per heavy atom. The van der Waals surface area contributed by atoms with E-state index in [2.05, 4.69) is 43.1 Å². The summed E-state index contributed by atoms with van der Waals surface area (Å²) in [6.07, 6.45) is 0. The van der Waals surface area contributed by atoms with Gasteiger partial charge in [0.15, 0.2) is 0 Å². The first-order valence-corrected chi connectivity index (χ1v) is 6.74. The third kappa shape index (κ3) is 3.72. The second kappa shape index (κ2) is 6.09. The van der Waals surface area contributed by atoms with E-state index in [1.807, 2.05) is 24.3 Å². The molecule has 0 aromatic heterocycles. The van der Waals surface area contributed by atoms with E-state index in [1.165, 1.54) is 11.1 Å². The van der Waals surface area contributed by atoms with Crippen molar-refractivity contribution in [3.05, 3.63) is 64.7 Å². The molecule has 0 aliphatic carbocycles. The molecule has 0 heterocycles. The van der Waals surface area contributed by atoms with E-state index >= 15 is 0 Å². The number of nitrogen functional groups attached to an aromatic ring is 1. The quantitative estimate of drug-likeness (QED) is 0.850. The third-order valence-corrected chi connectivity index (χ3v) is 3.68. The zero-order valence-electron chi connectivity index (χ0n) is 11.3. The fourth-order valence-corrected chi connectivity index (χ4v) is 2.17. The second-order valence-corrected chi connectivity index (χ2v) is 5.32. The maximum Gasteiger partial charge on any atom is 0.0406 e. The van der Waals surface area contributed by atoms with E-state index in [0.717, 1.165) is 17.3 Å². The van der Waals surface area contributed by atoms with Crippen LogP contribution in [0.2, 0.25) is 5.02 Å². The van der Waals surface area contributed by atoms with Crippen LogP contribution in [0.1, 0.15) is 24.1 Å². The Hall–Kier alpha value is -1.51. The molecular weight excluding hydrogens is 256 g/mol. The van der Waals surface area contributed by atoms with Crippen molar-refractivity contribution in [2.45, 2.75) is 19.5 Å². The molecule has 2 nitrogen and oxygen atoms in total. The van der Waals surface area contributed by atoms with Crippen LogP contribution in [0.5, 0.6) is 0 Å². The lowest BCUT2D eigenvalue weighted by atomic mass is 10.1. The van der Waals surface area contributed by atoms with Crippen molar-refractivity contribution in [1.29, 1.82) is 0 Å². The van der Waals surface area contributed by atoms with Gasteiger partial charge in [-0.05, 0) is 49.4 Å². The van der Waals surface area contributed by atoms with E-state index in [-0.39, 0.29) is 0 Å². The molecule has 19 heavy (non-hydrogen) atoms. The van der Waals surface area contributed by atoms with Crippen molar-refractivity contribution in [2.24, 2.45) is 0 Å². The van der Waals surface area contributed by atoms with Crippen LogP contribution >= 0.6 is 11.6 Å². The molecule has 0 aliphatic heterocycles. The molecule has 0 spiro atoms. The first-order chi connectivity index (χ1) is 9.06. The minimum atomic E-state index is 0.344. The summed E-state index contributed by atoms with van der Waals surface area (Å²) in [5.74, 6) is 0. The lowest BCUT2D eigenvalue weighted by Crippen LogP contribution is -2.21. The number of hydrogen-bond donors (Lipinski definition) is 1. The van der Waals surface area contributed by atoms with E-state index in [9.17, 15) is 0 Å². The molecule has 2 aromatic carbocycles. The zero-order valence-corrected chi connectivity index (χ0v) is 12.1. The number of rotatable bonds is 4. The van der Waals surface area contributed by atoms with Gasteiger partial charge >= 0.3 is 0 Å². The lowest BCUT2D eigenvalue weighted by Gasteiger charge is -2.25. The highest BCUT2D eigenvalue weighted by atomic mass is 35.5. The number of nitrogens with two attached hydrogens (primary N) is 1. The van der Waals surface area contributed by atoms with E-state index in [4.69, 9.17) is 17.3 Å². The molecule has 0 fully saturated rings. The van der Waals surface area contributed by atoms with Crippen LogP contribution in [-0.2, 0) is 6.54 Å². The van der Waals surface area contributed by atoms with E-state index < -0.39 is 0 Å². The van der Waals surface area contributed by atoms with Crippen molar-refractivity contribution < 1.29 is 0 Å². The summed E-state index contributed by atoms with van der Waals surface area (Å²) in [6.45, 7) is 3.09. The Morgan fingerprint density at radius 3 is 2.21 bits per heavy atom. The molecule has 0 radical (unpaired) electrons. The Balaban J connectivity index is 2.04. The normalized spacial score (nSPS) is 12.6. The molecule has 2 aromatic rings. The largest absolute Gasteiger partial charge is 0.399 e. The van der Waals surface area contributed by atoms with Gasteiger partial charge in [-0.3, -0.25) is 4.90 Å². The van der Waals surface area contributed by atoms with E-state index in [0.29, 0.717) is 6.04 Å². The Labute approximate surface area is 119 Å². The van der Waals surface area contributed by atoms with Crippen LogP contribution in [0.15, 0.2) is 48.5 Å². The fourth-order valence-electron chi connectivity index (χ4n) is 2.04. The second-order valence-electron chi connectivity index (χ2n) is 4.88. The summed E-state index contributed by atoms with van der Waals surface area (Å²) in [4.78, 5) is 2.30. The minimum absolute atomic E-state index is 0.344. The molecular formula is C16H19ClN2. The van der Waals surface area contributed by atoms with Crippen molar-refractivity contribution in [1.82, 2.24) is 4.90 Å². The maximum absolute atomic E-state index is 5.90. The van der Waals surface area contributed by atoms with Gasteiger partial charge in [0.2, 0.25) is 0 Å². The highest BCUT2D eigenvalue weighted by Gasteiger charge is 2.11. The summed E-state index contributed by atoms with van der Waals surface area (Å²) in [5.41, 5.74) is 9.04. The molecule has 0 aliphatic rings. The number of halogens is 1.